The monoisotopic (exact) mass is 564 g/mol. The Kier molecular flexibility index (Phi) is 27.7. The average molecular weight is 564 g/mol. The zero-order valence-corrected chi connectivity index (χ0v) is 29.7. The van der Waals surface area contributed by atoms with Crippen LogP contribution in [0.15, 0.2) is 0 Å². The van der Waals surface area contributed by atoms with Gasteiger partial charge < -0.3 is 0 Å². The van der Waals surface area contributed by atoms with Crippen LogP contribution in [0.25, 0.3) is 0 Å². The summed E-state index contributed by atoms with van der Waals surface area (Å²) in [5.74, 6) is 0. The third-order valence-electron chi connectivity index (χ3n) is 9.73. The summed E-state index contributed by atoms with van der Waals surface area (Å²) < 4.78 is 0. The van der Waals surface area contributed by atoms with Gasteiger partial charge in [0.05, 0.1) is 0 Å². The molecule has 0 saturated heterocycles. The molecule has 0 spiro atoms. The molecule has 242 valence electrons. The van der Waals surface area contributed by atoms with E-state index in [-0.39, 0.29) is 0 Å². The van der Waals surface area contributed by atoms with E-state index in [2.05, 4.69) is 53.4 Å². The van der Waals surface area contributed by atoms with Gasteiger partial charge in [0, 0.05) is 11.1 Å². The number of rotatable bonds is 32. The minimum absolute atomic E-state index is 0.310. The SMILES string of the molecule is CCCCCCCCCCCN(C(C)(C)CCCCCCCCCCC)C(C)(C)CCCCCCCCCCC. The molecule has 0 bridgehead atoms. The van der Waals surface area contributed by atoms with Gasteiger partial charge in [0.25, 0.3) is 0 Å². The van der Waals surface area contributed by atoms with E-state index in [0.29, 0.717) is 11.1 Å². The minimum Gasteiger partial charge on any atom is -0.293 e. The van der Waals surface area contributed by atoms with E-state index in [1.54, 1.807) is 0 Å². The van der Waals surface area contributed by atoms with Gasteiger partial charge in [0.2, 0.25) is 0 Å². The van der Waals surface area contributed by atoms with E-state index in [0.717, 1.165) is 0 Å². The Morgan fingerprint density at radius 3 is 0.800 bits per heavy atom. The Labute approximate surface area is 256 Å². The van der Waals surface area contributed by atoms with Crippen molar-refractivity contribution in [3.05, 3.63) is 0 Å². The Bertz CT molecular complexity index is 459. The highest BCUT2D eigenvalue weighted by molar-refractivity contribution is 4.92. The molecule has 0 heterocycles. The predicted molar refractivity (Wildman–Crippen MR) is 186 cm³/mol. The Balaban J connectivity index is 4.60. The van der Waals surface area contributed by atoms with E-state index in [1.165, 1.54) is 193 Å². The lowest BCUT2D eigenvalue weighted by atomic mass is 9.85. The largest absolute Gasteiger partial charge is 0.293 e. The summed E-state index contributed by atoms with van der Waals surface area (Å²) in [4.78, 5) is 2.97. The van der Waals surface area contributed by atoms with Crippen LogP contribution in [0.5, 0.6) is 0 Å². The normalized spacial score (nSPS) is 12.6. The van der Waals surface area contributed by atoms with Crippen molar-refractivity contribution in [2.24, 2.45) is 0 Å². The standard InChI is InChI=1S/C39H81N/c1-8-11-14-17-20-23-26-29-32-35-38(4,5)40(37-34-31-28-25-22-19-16-13-10-3)39(6,7)36-33-30-27-24-21-18-15-12-9-2/h8-37H2,1-7H3. The first-order chi connectivity index (χ1) is 19.3. The fraction of sp³-hybridized carbons (Fsp3) is 1.00. The summed E-state index contributed by atoms with van der Waals surface area (Å²) in [7, 11) is 0. The van der Waals surface area contributed by atoms with Gasteiger partial charge in [-0.2, -0.15) is 0 Å². The zero-order chi connectivity index (χ0) is 29.8. The first-order valence-corrected chi connectivity index (χ1v) is 19.1. The summed E-state index contributed by atoms with van der Waals surface area (Å²) in [5, 5.41) is 0. The highest BCUT2D eigenvalue weighted by atomic mass is 15.2. The molecule has 0 aliphatic rings. The topological polar surface area (TPSA) is 3.24 Å². The molecule has 0 aromatic carbocycles. The quantitative estimate of drug-likeness (QED) is 0.0735. The minimum atomic E-state index is 0.310. The smallest absolute Gasteiger partial charge is 0.0158 e. The molecule has 0 saturated carbocycles. The van der Waals surface area contributed by atoms with Gasteiger partial charge in [-0.1, -0.05) is 188 Å². The third kappa shape index (κ3) is 23.5. The molecule has 0 aromatic rings. The van der Waals surface area contributed by atoms with Gasteiger partial charge in [0.1, 0.15) is 0 Å². The number of unbranched alkanes of at least 4 members (excludes halogenated alkanes) is 24. The third-order valence-corrected chi connectivity index (χ3v) is 9.73. The molecule has 0 aliphatic carbocycles. The molecule has 0 aromatic heterocycles. The van der Waals surface area contributed by atoms with Gasteiger partial charge in [0.15, 0.2) is 0 Å². The van der Waals surface area contributed by atoms with Gasteiger partial charge in [-0.3, -0.25) is 4.90 Å². The molecule has 40 heavy (non-hydrogen) atoms. The van der Waals surface area contributed by atoms with Crippen LogP contribution in [0, 0.1) is 0 Å². The van der Waals surface area contributed by atoms with Crippen LogP contribution >= 0.6 is 0 Å². The molecule has 0 amide bonds. The summed E-state index contributed by atoms with van der Waals surface area (Å²) in [6.45, 7) is 18.5. The molecule has 0 aliphatic heterocycles. The highest BCUT2D eigenvalue weighted by Crippen LogP contribution is 2.34. The maximum atomic E-state index is 2.97. The van der Waals surface area contributed by atoms with Crippen molar-refractivity contribution in [3.63, 3.8) is 0 Å². The molecule has 0 rings (SSSR count). The number of hydrogen-bond donors (Lipinski definition) is 0. The maximum absolute atomic E-state index is 2.97. The fourth-order valence-corrected chi connectivity index (χ4v) is 7.01. The average Bonchev–Trinajstić information content (AvgIpc) is 2.92. The van der Waals surface area contributed by atoms with Crippen LogP contribution in [-0.4, -0.2) is 22.5 Å². The molecular weight excluding hydrogens is 482 g/mol. The Hall–Kier alpha value is -0.0400. The van der Waals surface area contributed by atoms with Crippen LogP contribution in [-0.2, 0) is 0 Å². The maximum Gasteiger partial charge on any atom is 0.0158 e. The summed E-state index contributed by atoms with van der Waals surface area (Å²) in [5.41, 5.74) is 0.619. The molecule has 0 N–H and O–H groups in total. The van der Waals surface area contributed by atoms with E-state index < -0.39 is 0 Å². The summed E-state index contributed by atoms with van der Waals surface area (Å²) in [6.07, 6.45) is 41.4. The van der Waals surface area contributed by atoms with Crippen LogP contribution in [0.4, 0.5) is 0 Å². The van der Waals surface area contributed by atoms with E-state index in [1.807, 2.05) is 0 Å². The predicted octanol–water partition coefficient (Wildman–Crippen LogP) is 14.2. The first-order valence-electron chi connectivity index (χ1n) is 19.1. The molecule has 1 heteroatoms. The summed E-state index contributed by atoms with van der Waals surface area (Å²) >= 11 is 0. The zero-order valence-electron chi connectivity index (χ0n) is 29.7. The lowest BCUT2D eigenvalue weighted by Gasteiger charge is -2.49. The van der Waals surface area contributed by atoms with Gasteiger partial charge >= 0.3 is 0 Å². The molecular formula is C39H81N. The van der Waals surface area contributed by atoms with Crippen LogP contribution in [0.2, 0.25) is 0 Å². The second-order valence-electron chi connectivity index (χ2n) is 14.8. The van der Waals surface area contributed by atoms with Crippen molar-refractivity contribution in [2.75, 3.05) is 6.54 Å². The van der Waals surface area contributed by atoms with Crippen LogP contribution in [0.1, 0.15) is 235 Å². The van der Waals surface area contributed by atoms with Crippen molar-refractivity contribution in [3.8, 4) is 0 Å². The van der Waals surface area contributed by atoms with Crippen molar-refractivity contribution in [1.82, 2.24) is 4.90 Å². The van der Waals surface area contributed by atoms with Crippen molar-refractivity contribution in [2.45, 2.75) is 246 Å². The molecule has 0 atom stereocenters. The first kappa shape index (κ1) is 40.0. The van der Waals surface area contributed by atoms with Crippen molar-refractivity contribution < 1.29 is 0 Å². The van der Waals surface area contributed by atoms with Crippen LogP contribution < -0.4 is 0 Å². The van der Waals surface area contributed by atoms with Gasteiger partial charge in [-0.25, -0.2) is 0 Å². The molecule has 0 radical (unpaired) electrons. The second-order valence-corrected chi connectivity index (χ2v) is 14.8. The second kappa shape index (κ2) is 27.8. The summed E-state index contributed by atoms with van der Waals surface area (Å²) in [6, 6.07) is 0. The number of hydrogen-bond acceptors (Lipinski definition) is 1. The van der Waals surface area contributed by atoms with E-state index in [4.69, 9.17) is 0 Å². The lowest BCUT2D eigenvalue weighted by molar-refractivity contribution is 0.00151. The fourth-order valence-electron chi connectivity index (χ4n) is 7.01. The Morgan fingerprint density at radius 2 is 0.525 bits per heavy atom. The van der Waals surface area contributed by atoms with Crippen molar-refractivity contribution in [1.29, 1.82) is 0 Å². The van der Waals surface area contributed by atoms with Crippen LogP contribution in [0.3, 0.4) is 0 Å². The number of nitrogens with zero attached hydrogens (tertiary/aromatic N) is 1. The van der Waals surface area contributed by atoms with Crippen molar-refractivity contribution >= 4 is 0 Å². The molecule has 0 fully saturated rings. The van der Waals surface area contributed by atoms with Gasteiger partial charge in [-0.15, -0.1) is 0 Å². The lowest BCUT2D eigenvalue weighted by Crippen LogP contribution is -2.55. The van der Waals surface area contributed by atoms with E-state index in [9.17, 15) is 0 Å². The highest BCUT2D eigenvalue weighted by Gasteiger charge is 2.36. The Morgan fingerprint density at radius 1 is 0.300 bits per heavy atom. The van der Waals surface area contributed by atoms with E-state index >= 15 is 0 Å². The molecule has 1 nitrogen and oxygen atoms in total. The van der Waals surface area contributed by atoms with Gasteiger partial charge in [-0.05, 0) is 53.5 Å². The molecule has 0 unspecified atom stereocenters.